The summed E-state index contributed by atoms with van der Waals surface area (Å²) in [5.41, 5.74) is 0. The van der Waals surface area contributed by atoms with Crippen molar-refractivity contribution in [1.82, 2.24) is 0 Å². The average molecular weight is 210 g/mol. The zero-order valence-corrected chi connectivity index (χ0v) is 10.7. The minimum atomic E-state index is 0.922. The standard InChI is InChI=1S/C14H28N/c1-13-9-5-8-12-15(14(13)2)10-6-3-4-7-11-15/h13-14H,3-12H2,1-2H3/q+1. The molecule has 2 rings (SSSR count). The maximum absolute atomic E-state index is 2.53. The Morgan fingerprint density at radius 3 is 1.87 bits per heavy atom. The molecule has 0 bridgehead atoms. The Kier molecular flexibility index (Phi) is 3.71. The number of quaternary nitrogens is 1. The first kappa shape index (κ1) is 11.4. The van der Waals surface area contributed by atoms with Gasteiger partial charge in [-0.3, -0.25) is 0 Å². The molecule has 0 aromatic rings. The van der Waals surface area contributed by atoms with Gasteiger partial charge in [0.1, 0.15) is 0 Å². The zero-order valence-electron chi connectivity index (χ0n) is 10.7. The van der Waals surface area contributed by atoms with Crippen LogP contribution in [0.2, 0.25) is 0 Å². The van der Waals surface area contributed by atoms with E-state index in [4.69, 9.17) is 0 Å². The van der Waals surface area contributed by atoms with Gasteiger partial charge in [-0.2, -0.15) is 0 Å². The zero-order chi connectivity index (χ0) is 10.7. The molecule has 0 radical (unpaired) electrons. The van der Waals surface area contributed by atoms with Crippen LogP contribution in [0.1, 0.15) is 58.8 Å². The highest BCUT2D eigenvalue weighted by atomic mass is 15.4. The predicted molar refractivity (Wildman–Crippen MR) is 65.8 cm³/mol. The molecule has 15 heavy (non-hydrogen) atoms. The fourth-order valence-corrected chi connectivity index (χ4v) is 3.83. The molecule has 2 aliphatic rings. The quantitative estimate of drug-likeness (QED) is 0.536. The summed E-state index contributed by atoms with van der Waals surface area (Å²) < 4.78 is 1.47. The summed E-state index contributed by atoms with van der Waals surface area (Å²) in [6.07, 6.45) is 10.4. The third kappa shape index (κ3) is 2.38. The Morgan fingerprint density at radius 1 is 0.733 bits per heavy atom. The molecule has 0 saturated carbocycles. The summed E-state index contributed by atoms with van der Waals surface area (Å²) in [5.74, 6) is 0.950. The van der Waals surface area contributed by atoms with Crippen molar-refractivity contribution in [2.24, 2.45) is 5.92 Å². The van der Waals surface area contributed by atoms with Crippen molar-refractivity contribution in [3.8, 4) is 0 Å². The first-order valence-corrected chi connectivity index (χ1v) is 7.10. The maximum Gasteiger partial charge on any atom is 0.0887 e. The van der Waals surface area contributed by atoms with E-state index in [-0.39, 0.29) is 0 Å². The van der Waals surface area contributed by atoms with Crippen LogP contribution in [-0.2, 0) is 0 Å². The molecule has 0 aliphatic carbocycles. The van der Waals surface area contributed by atoms with Gasteiger partial charge in [-0.05, 0) is 51.9 Å². The second-order valence-corrected chi connectivity index (χ2v) is 6.02. The molecule has 1 spiro atoms. The van der Waals surface area contributed by atoms with Gasteiger partial charge >= 0.3 is 0 Å². The van der Waals surface area contributed by atoms with E-state index in [1.165, 1.54) is 69.1 Å². The smallest absolute Gasteiger partial charge is 0.0887 e. The lowest BCUT2D eigenvalue weighted by Crippen LogP contribution is -2.56. The largest absolute Gasteiger partial charge is 0.321 e. The van der Waals surface area contributed by atoms with Crippen LogP contribution < -0.4 is 0 Å². The van der Waals surface area contributed by atoms with Crippen molar-refractivity contribution in [2.75, 3.05) is 19.6 Å². The van der Waals surface area contributed by atoms with Gasteiger partial charge in [0.25, 0.3) is 0 Å². The first-order valence-electron chi connectivity index (χ1n) is 7.10. The lowest BCUT2D eigenvalue weighted by atomic mass is 9.96. The highest BCUT2D eigenvalue weighted by Gasteiger charge is 2.38. The third-order valence-electron chi connectivity index (χ3n) is 5.16. The van der Waals surface area contributed by atoms with E-state index in [9.17, 15) is 0 Å². The van der Waals surface area contributed by atoms with E-state index >= 15 is 0 Å². The van der Waals surface area contributed by atoms with Gasteiger partial charge in [-0.1, -0.05) is 6.92 Å². The molecule has 0 aromatic heterocycles. The molecule has 2 fully saturated rings. The molecule has 1 heteroatoms. The Balaban J connectivity index is 2.13. The van der Waals surface area contributed by atoms with Crippen molar-refractivity contribution in [3.63, 3.8) is 0 Å². The lowest BCUT2D eigenvalue weighted by molar-refractivity contribution is -0.951. The summed E-state index contributed by atoms with van der Waals surface area (Å²) in [7, 11) is 0. The molecule has 2 heterocycles. The summed E-state index contributed by atoms with van der Waals surface area (Å²) in [5, 5.41) is 0. The van der Waals surface area contributed by atoms with Gasteiger partial charge < -0.3 is 4.48 Å². The SMILES string of the molecule is CC1CCCC[N+]2(CCCCCC2)C1C. The monoisotopic (exact) mass is 210 g/mol. The van der Waals surface area contributed by atoms with Crippen molar-refractivity contribution >= 4 is 0 Å². The third-order valence-corrected chi connectivity index (χ3v) is 5.16. The second kappa shape index (κ2) is 4.86. The Hall–Kier alpha value is -0.0400. The number of hydrogen-bond donors (Lipinski definition) is 0. The van der Waals surface area contributed by atoms with E-state index in [0.717, 1.165) is 12.0 Å². The van der Waals surface area contributed by atoms with Crippen LogP contribution in [0.3, 0.4) is 0 Å². The van der Waals surface area contributed by atoms with Gasteiger partial charge in [0.15, 0.2) is 0 Å². The fourth-order valence-electron chi connectivity index (χ4n) is 3.83. The van der Waals surface area contributed by atoms with Crippen LogP contribution in [0.5, 0.6) is 0 Å². The maximum atomic E-state index is 2.53. The number of hydrogen-bond acceptors (Lipinski definition) is 0. The van der Waals surface area contributed by atoms with E-state index < -0.39 is 0 Å². The van der Waals surface area contributed by atoms with Crippen LogP contribution in [0.25, 0.3) is 0 Å². The average Bonchev–Trinajstić information content (AvgIpc) is 2.55. The van der Waals surface area contributed by atoms with Gasteiger partial charge in [0, 0.05) is 5.92 Å². The fraction of sp³-hybridized carbons (Fsp3) is 1.00. The lowest BCUT2D eigenvalue weighted by Gasteiger charge is -2.44. The second-order valence-electron chi connectivity index (χ2n) is 6.02. The Bertz CT molecular complexity index is 186. The molecular formula is C14H28N+. The van der Waals surface area contributed by atoms with Crippen LogP contribution in [-0.4, -0.2) is 30.2 Å². The van der Waals surface area contributed by atoms with E-state index in [0.29, 0.717) is 0 Å². The van der Waals surface area contributed by atoms with Crippen molar-refractivity contribution < 1.29 is 4.48 Å². The number of nitrogens with zero attached hydrogens (tertiary/aromatic N) is 1. The van der Waals surface area contributed by atoms with Crippen LogP contribution in [0.15, 0.2) is 0 Å². The van der Waals surface area contributed by atoms with Gasteiger partial charge in [-0.25, -0.2) is 0 Å². The summed E-state index contributed by atoms with van der Waals surface area (Å²) in [6.45, 7) is 9.45. The van der Waals surface area contributed by atoms with Crippen LogP contribution in [0, 0.1) is 5.92 Å². The predicted octanol–water partition coefficient (Wildman–Crippen LogP) is 3.59. The highest BCUT2D eigenvalue weighted by molar-refractivity contribution is 4.70. The highest BCUT2D eigenvalue weighted by Crippen LogP contribution is 2.32. The van der Waals surface area contributed by atoms with Gasteiger partial charge in [0.2, 0.25) is 0 Å². The molecule has 0 N–H and O–H groups in total. The van der Waals surface area contributed by atoms with Crippen molar-refractivity contribution in [2.45, 2.75) is 64.8 Å². The molecule has 0 aromatic carbocycles. The molecule has 2 saturated heterocycles. The number of rotatable bonds is 0. The molecule has 2 aliphatic heterocycles. The minimum Gasteiger partial charge on any atom is -0.321 e. The Morgan fingerprint density at radius 2 is 1.27 bits per heavy atom. The Labute approximate surface area is 95.4 Å². The van der Waals surface area contributed by atoms with Crippen molar-refractivity contribution in [1.29, 1.82) is 0 Å². The first-order chi connectivity index (χ1) is 7.25. The van der Waals surface area contributed by atoms with Gasteiger partial charge in [0.05, 0.1) is 25.7 Å². The topological polar surface area (TPSA) is 0 Å². The molecule has 2 unspecified atom stereocenters. The van der Waals surface area contributed by atoms with Crippen LogP contribution >= 0.6 is 0 Å². The molecule has 88 valence electrons. The summed E-state index contributed by atoms with van der Waals surface area (Å²) in [6, 6.07) is 0.922. The molecule has 2 atom stereocenters. The van der Waals surface area contributed by atoms with E-state index in [2.05, 4.69) is 13.8 Å². The van der Waals surface area contributed by atoms with E-state index in [1.54, 1.807) is 0 Å². The van der Waals surface area contributed by atoms with E-state index in [1.807, 2.05) is 0 Å². The molecular weight excluding hydrogens is 182 g/mol. The molecule has 0 amide bonds. The van der Waals surface area contributed by atoms with Crippen LogP contribution in [0.4, 0.5) is 0 Å². The summed E-state index contributed by atoms with van der Waals surface area (Å²) in [4.78, 5) is 0. The minimum absolute atomic E-state index is 0.922. The van der Waals surface area contributed by atoms with Crippen molar-refractivity contribution in [3.05, 3.63) is 0 Å². The van der Waals surface area contributed by atoms with Gasteiger partial charge in [-0.15, -0.1) is 0 Å². The molecule has 1 nitrogen and oxygen atoms in total. The summed E-state index contributed by atoms with van der Waals surface area (Å²) >= 11 is 0. The normalized spacial score (nSPS) is 37.2.